The number of thioether (sulfide) groups is 1. The number of nitrogens with one attached hydrogen (secondary N) is 1. The summed E-state index contributed by atoms with van der Waals surface area (Å²) in [5.74, 6) is 0.261. The molecule has 0 bridgehead atoms. The second-order valence-corrected chi connectivity index (χ2v) is 12.6. The van der Waals surface area contributed by atoms with Gasteiger partial charge in [0.25, 0.3) is 0 Å². The molecule has 1 amide bonds. The van der Waals surface area contributed by atoms with Gasteiger partial charge in [-0.05, 0) is 36.5 Å². The highest BCUT2D eigenvalue weighted by Crippen LogP contribution is 2.38. The summed E-state index contributed by atoms with van der Waals surface area (Å²) < 4.78 is 48.3. The summed E-state index contributed by atoms with van der Waals surface area (Å²) in [6.07, 6.45) is 4.60. The second-order valence-electron chi connectivity index (χ2n) is 10.6. The van der Waals surface area contributed by atoms with Crippen LogP contribution in [0.1, 0.15) is 36.5 Å². The van der Waals surface area contributed by atoms with Crippen LogP contribution in [0, 0.1) is 5.92 Å². The van der Waals surface area contributed by atoms with Gasteiger partial charge in [0.1, 0.15) is 16.1 Å². The van der Waals surface area contributed by atoms with Crippen molar-refractivity contribution in [1.82, 2.24) is 9.80 Å². The molecule has 2 atom stereocenters. The lowest BCUT2D eigenvalue weighted by Crippen LogP contribution is -2.43. The highest BCUT2D eigenvalue weighted by molar-refractivity contribution is 8.00. The van der Waals surface area contributed by atoms with Crippen LogP contribution in [0.5, 0.6) is 11.5 Å². The molecule has 3 fully saturated rings. The first-order valence-electron chi connectivity index (χ1n) is 14.3. The molecule has 3 heterocycles. The summed E-state index contributed by atoms with van der Waals surface area (Å²) in [5, 5.41) is -0.139. The highest BCUT2D eigenvalue weighted by Gasteiger charge is 2.38. The van der Waals surface area contributed by atoms with E-state index < -0.39 is 24.1 Å². The predicted molar refractivity (Wildman–Crippen MR) is 157 cm³/mol. The Kier molecular flexibility index (Phi) is 11.2. The molecule has 3 aliphatic rings. The van der Waals surface area contributed by atoms with Gasteiger partial charge in [-0.3, -0.25) is 9.69 Å². The highest BCUT2D eigenvalue weighted by atomic mass is 35.5. The molecular formula is C29H34Cl2F2N3O6S+. The van der Waals surface area contributed by atoms with E-state index in [0.29, 0.717) is 65.8 Å². The number of morpholine rings is 1. The van der Waals surface area contributed by atoms with Crippen molar-refractivity contribution in [2.24, 2.45) is 5.92 Å². The Hall–Kier alpha value is -2.38. The molecule has 0 spiro atoms. The molecule has 1 N–H and O–H groups in total. The molecule has 0 unspecified atom stereocenters. The number of rotatable bonds is 13. The smallest absolute Gasteiger partial charge is 0.387 e. The zero-order valence-electron chi connectivity index (χ0n) is 23.4. The lowest BCUT2D eigenvalue weighted by molar-refractivity contribution is -0.377. The maximum absolute atomic E-state index is 13.6. The fourth-order valence-electron chi connectivity index (χ4n) is 4.95. The number of hydrogen-bond acceptors (Lipinski definition) is 8. The molecule has 2 aromatic rings. The molecule has 1 aromatic heterocycles. The van der Waals surface area contributed by atoms with E-state index >= 15 is 0 Å². The third-order valence-corrected chi connectivity index (χ3v) is 9.39. The molecule has 1 aromatic carbocycles. The van der Waals surface area contributed by atoms with Crippen molar-refractivity contribution >= 4 is 46.8 Å². The van der Waals surface area contributed by atoms with Crippen LogP contribution in [0.4, 0.5) is 8.78 Å². The Morgan fingerprint density at radius 1 is 1.09 bits per heavy atom. The third kappa shape index (κ3) is 8.85. The van der Waals surface area contributed by atoms with Gasteiger partial charge in [-0.15, -0.1) is 11.8 Å². The summed E-state index contributed by atoms with van der Waals surface area (Å²) in [7, 11) is 0. The molecular weight excluding hydrogens is 627 g/mol. The number of alkyl halides is 2. The van der Waals surface area contributed by atoms with Gasteiger partial charge in [-0.25, -0.2) is 9.78 Å². The van der Waals surface area contributed by atoms with Gasteiger partial charge in [-0.2, -0.15) is 8.78 Å². The number of ether oxygens (including phenoxy) is 4. The van der Waals surface area contributed by atoms with E-state index in [9.17, 15) is 18.4 Å². The lowest BCUT2D eigenvalue weighted by Gasteiger charge is -2.28. The first-order chi connectivity index (χ1) is 20.8. The van der Waals surface area contributed by atoms with Crippen LogP contribution in [0.2, 0.25) is 10.0 Å². The summed E-state index contributed by atoms with van der Waals surface area (Å²) in [6.45, 7) is 1.16. The van der Waals surface area contributed by atoms with E-state index in [1.165, 1.54) is 17.8 Å². The van der Waals surface area contributed by atoms with Crippen LogP contribution >= 0.6 is 35.0 Å². The number of H-pyrrole nitrogens is 1. The number of carbonyl (C=O) groups is 2. The van der Waals surface area contributed by atoms with Crippen LogP contribution in [0.3, 0.4) is 0 Å². The minimum atomic E-state index is -3.04. The van der Waals surface area contributed by atoms with E-state index in [1.807, 2.05) is 0 Å². The number of amides is 1. The van der Waals surface area contributed by atoms with Gasteiger partial charge in [0, 0.05) is 50.3 Å². The van der Waals surface area contributed by atoms with Crippen molar-refractivity contribution in [3.8, 4) is 11.5 Å². The Balaban J connectivity index is 1.35. The molecule has 1 saturated carbocycles. The van der Waals surface area contributed by atoms with E-state index in [-0.39, 0.29) is 30.2 Å². The van der Waals surface area contributed by atoms with Crippen LogP contribution in [0.15, 0.2) is 30.6 Å². The van der Waals surface area contributed by atoms with Crippen LogP contribution in [0.25, 0.3) is 0 Å². The number of esters is 1. The second kappa shape index (κ2) is 15.1. The van der Waals surface area contributed by atoms with E-state index in [2.05, 4.69) is 14.6 Å². The molecule has 2 saturated heterocycles. The van der Waals surface area contributed by atoms with Gasteiger partial charge in [0.05, 0.1) is 19.8 Å². The molecule has 2 aliphatic heterocycles. The zero-order valence-corrected chi connectivity index (χ0v) is 25.8. The minimum absolute atomic E-state index is 0.0948. The number of aromatic amines is 1. The number of hydrogen-bond donors (Lipinski definition) is 0. The van der Waals surface area contributed by atoms with Crippen LogP contribution in [-0.2, 0) is 25.5 Å². The zero-order chi connectivity index (χ0) is 30.3. The lowest BCUT2D eigenvalue weighted by atomic mass is 10.0. The number of aromatic nitrogens is 1. The SMILES string of the molecule is O=C(O[C@@H](Cc1c(Cl)c[nH+]cc1Cl)c1ccc(OC(F)F)c(OCC2CC2)c1)[C@@H]1SCCN1C(=O)CCN1CCOCC1. The molecule has 234 valence electrons. The van der Waals surface area contributed by atoms with Gasteiger partial charge in [-0.1, -0.05) is 29.3 Å². The van der Waals surface area contributed by atoms with Crippen molar-refractivity contribution in [3.05, 3.63) is 51.8 Å². The molecule has 14 heteroatoms. The number of halogens is 4. The monoisotopic (exact) mass is 660 g/mol. The fourth-order valence-corrected chi connectivity index (χ4v) is 6.60. The van der Waals surface area contributed by atoms with Crippen LogP contribution in [-0.4, -0.2) is 85.4 Å². The van der Waals surface area contributed by atoms with Gasteiger partial charge >= 0.3 is 12.6 Å². The summed E-state index contributed by atoms with van der Waals surface area (Å²) in [4.78, 5) is 33.4. The Morgan fingerprint density at radius 2 is 1.84 bits per heavy atom. The first kappa shape index (κ1) is 32.0. The molecule has 1 aliphatic carbocycles. The summed E-state index contributed by atoms with van der Waals surface area (Å²) >= 11 is 14.2. The Bertz CT molecular complexity index is 1260. The Morgan fingerprint density at radius 3 is 2.53 bits per heavy atom. The predicted octanol–water partition coefficient (Wildman–Crippen LogP) is 4.65. The van der Waals surface area contributed by atoms with Crippen LogP contribution < -0.4 is 14.5 Å². The van der Waals surface area contributed by atoms with Gasteiger partial charge in [0.2, 0.25) is 5.91 Å². The van der Waals surface area contributed by atoms with Crippen molar-refractivity contribution in [3.63, 3.8) is 0 Å². The molecule has 0 radical (unpaired) electrons. The molecule has 5 rings (SSSR count). The first-order valence-corrected chi connectivity index (χ1v) is 16.1. The number of benzene rings is 1. The van der Waals surface area contributed by atoms with E-state index in [0.717, 1.165) is 25.9 Å². The van der Waals surface area contributed by atoms with Crippen molar-refractivity contribution in [2.75, 3.05) is 51.8 Å². The van der Waals surface area contributed by atoms with E-state index in [4.69, 9.17) is 37.4 Å². The molecule has 9 nitrogen and oxygen atoms in total. The summed E-state index contributed by atoms with van der Waals surface area (Å²) in [6, 6.07) is 4.46. The molecule has 43 heavy (non-hydrogen) atoms. The van der Waals surface area contributed by atoms with Gasteiger partial charge in [0.15, 0.2) is 29.3 Å². The normalized spacial score (nSPS) is 19.8. The average molecular weight is 662 g/mol. The van der Waals surface area contributed by atoms with Crippen molar-refractivity contribution in [1.29, 1.82) is 0 Å². The maximum Gasteiger partial charge on any atom is 0.387 e. The van der Waals surface area contributed by atoms with Gasteiger partial charge < -0.3 is 23.8 Å². The average Bonchev–Trinajstić information content (AvgIpc) is 3.69. The van der Waals surface area contributed by atoms with E-state index in [1.54, 1.807) is 29.4 Å². The quantitative estimate of drug-likeness (QED) is 0.287. The maximum atomic E-state index is 13.6. The number of nitrogens with zero attached hydrogens (tertiary/aromatic N) is 2. The summed E-state index contributed by atoms with van der Waals surface area (Å²) in [5.41, 5.74) is 1.01. The van der Waals surface area contributed by atoms with Crippen molar-refractivity contribution < 1.29 is 42.3 Å². The Labute approximate surface area is 263 Å². The number of pyridine rings is 1. The topological polar surface area (TPSA) is 91.7 Å². The standard InChI is InChI=1S/C29H33Cl2F2N3O6S/c30-21-15-34-16-22(31)20(21)14-24(19-3-4-23(42-29(32)33)25(13-19)40-17-18-1-2-18)41-28(38)27-36(9-12-43-27)26(37)5-6-35-7-10-39-11-8-35/h3-4,13,15-16,18,24,27,29H,1-2,5-12,14,17H2/p+1/t24-,27-/m0/s1. The third-order valence-electron chi connectivity index (χ3n) is 7.53. The van der Waals surface area contributed by atoms with Crippen molar-refractivity contribution in [2.45, 2.75) is 43.8 Å². The number of carbonyl (C=O) groups excluding carboxylic acids is 2. The minimum Gasteiger partial charge on any atom is -0.489 e. The fraction of sp³-hybridized carbons (Fsp3) is 0.552. The largest absolute Gasteiger partial charge is 0.489 e.